The Morgan fingerprint density at radius 3 is 2.75 bits per heavy atom. The maximum Gasteiger partial charge on any atom is 0.122 e. The second-order valence-corrected chi connectivity index (χ2v) is 7.28. The van der Waals surface area contributed by atoms with Gasteiger partial charge in [0.1, 0.15) is 5.82 Å². The molecule has 0 radical (unpaired) electrons. The van der Waals surface area contributed by atoms with Gasteiger partial charge in [0.25, 0.3) is 0 Å². The average molecular weight is 277 g/mol. The van der Waals surface area contributed by atoms with E-state index in [1.165, 1.54) is 31.5 Å². The first-order valence-electron chi connectivity index (χ1n) is 8.25. The van der Waals surface area contributed by atoms with E-state index in [1.54, 1.807) is 0 Å². The van der Waals surface area contributed by atoms with E-state index in [1.807, 2.05) is 6.20 Å². The molecule has 1 aromatic rings. The Balaban J connectivity index is 1.95. The van der Waals surface area contributed by atoms with E-state index in [9.17, 15) is 0 Å². The van der Waals surface area contributed by atoms with Crippen LogP contribution in [0.1, 0.15) is 65.6 Å². The molecule has 20 heavy (non-hydrogen) atoms. The molecular weight excluding hydrogens is 246 g/mol. The normalized spacial score (nSPS) is 24.0. The van der Waals surface area contributed by atoms with Crippen LogP contribution in [-0.2, 0) is 13.1 Å². The predicted octanol–water partition coefficient (Wildman–Crippen LogP) is 3.99. The fourth-order valence-electron chi connectivity index (χ4n) is 3.59. The van der Waals surface area contributed by atoms with E-state index in [2.05, 4.69) is 48.8 Å². The molecule has 1 saturated carbocycles. The summed E-state index contributed by atoms with van der Waals surface area (Å²) in [6, 6.07) is 0.649. The van der Waals surface area contributed by atoms with Crippen molar-refractivity contribution in [2.24, 2.45) is 11.3 Å². The smallest absolute Gasteiger partial charge is 0.122 e. The molecule has 0 saturated heterocycles. The van der Waals surface area contributed by atoms with E-state index < -0.39 is 0 Å². The van der Waals surface area contributed by atoms with Crippen molar-refractivity contribution in [3.8, 4) is 0 Å². The Bertz CT molecular complexity index is 403. The average Bonchev–Trinajstić information content (AvgIpc) is 2.83. The first-order valence-corrected chi connectivity index (χ1v) is 8.25. The summed E-state index contributed by atoms with van der Waals surface area (Å²) in [5.41, 5.74) is 0.400. The van der Waals surface area contributed by atoms with Crippen molar-refractivity contribution in [3.05, 3.63) is 18.2 Å². The second-order valence-electron chi connectivity index (χ2n) is 7.28. The molecule has 114 valence electrons. The van der Waals surface area contributed by atoms with Gasteiger partial charge in [-0.05, 0) is 30.6 Å². The quantitative estimate of drug-likeness (QED) is 0.882. The number of imidazole rings is 1. The fourth-order valence-corrected chi connectivity index (χ4v) is 3.59. The monoisotopic (exact) mass is 277 g/mol. The number of nitrogens with one attached hydrogen (secondary N) is 1. The minimum Gasteiger partial charge on any atom is -0.334 e. The van der Waals surface area contributed by atoms with Gasteiger partial charge >= 0.3 is 0 Å². The first kappa shape index (κ1) is 15.6. The van der Waals surface area contributed by atoms with Crippen LogP contribution in [0.3, 0.4) is 0 Å². The molecule has 0 aromatic carbocycles. The van der Waals surface area contributed by atoms with Gasteiger partial charge in [0, 0.05) is 25.0 Å². The van der Waals surface area contributed by atoms with Crippen LogP contribution < -0.4 is 5.32 Å². The standard InChI is InChI=1S/C17H31N3/c1-5-11-20-12-10-18-16(20)13-19-15-9-7-6-8-14(15)17(2,3)4/h10,12,14-15,19H,5-9,11,13H2,1-4H3. The highest BCUT2D eigenvalue weighted by molar-refractivity contribution is 4.94. The van der Waals surface area contributed by atoms with Crippen molar-refractivity contribution in [1.82, 2.24) is 14.9 Å². The van der Waals surface area contributed by atoms with Crippen LogP contribution in [0, 0.1) is 11.3 Å². The summed E-state index contributed by atoms with van der Waals surface area (Å²) in [4.78, 5) is 4.51. The number of hydrogen-bond donors (Lipinski definition) is 1. The maximum atomic E-state index is 4.51. The maximum absolute atomic E-state index is 4.51. The van der Waals surface area contributed by atoms with Crippen LogP contribution in [0.15, 0.2) is 12.4 Å². The number of hydrogen-bond acceptors (Lipinski definition) is 2. The van der Waals surface area contributed by atoms with Crippen molar-refractivity contribution in [1.29, 1.82) is 0 Å². The zero-order valence-electron chi connectivity index (χ0n) is 13.7. The van der Waals surface area contributed by atoms with Crippen molar-refractivity contribution >= 4 is 0 Å². The van der Waals surface area contributed by atoms with Gasteiger partial charge < -0.3 is 9.88 Å². The van der Waals surface area contributed by atoms with E-state index in [-0.39, 0.29) is 0 Å². The van der Waals surface area contributed by atoms with Crippen LogP contribution in [0.5, 0.6) is 0 Å². The molecule has 0 amide bonds. The molecule has 1 aliphatic carbocycles. The Kier molecular flexibility index (Phi) is 5.25. The highest BCUT2D eigenvalue weighted by Gasteiger charge is 2.33. The summed E-state index contributed by atoms with van der Waals surface area (Å²) in [6.07, 6.45) is 10.6. The SMILES string of the molecule is CCCn1ccnc1CNC1CCCCC1C(C)(C)C. The minimum absolute atomic E-state index is 0.400. The molecule has 1 aromatic heterocycles. The molecule has 1 fully saturated rings. The minimum atomic E-state index is 0.400. The first-order chi connectivity index (χ1) is 9.52. The van der Waals surface area contributed by atoms with Gasteiger partial charge in [-0.25, -0.2) is 4.98 Å². The Morgan fingerprint density at radius 1 is 1.30 bits per heavy atom. The number of aryl methyl sites for hydroxylation is 1. The van der Waals surface area contributed by atoms with Gasteiger partial charge in [-0.15, -0.1) is 0 Å². The molecular formula is C17H31N3. The van der Waals surface area contributed by atoms with Crippen LogP contribution in [0.4, 0.5) is 0 Å². The summed E-state index contributed by atoms with van der Waals surface area (Å²) >= 11 is 0. The molecule has 3 heteroatoms. The summed E-state index contributed by atoms with van der Waals surface area (Å²) in [6.45, 7) is 11.4. The molecule has 2 atom stereocenters. The Labute approximate surface area is 124 Å². The molecule has 0 bridgehead atoms. The lowest BCUT2D eigenvalue weighted by Crippen LogP contribution is -2.44. The van der Waals surface area contributed by atoms with Crippen LogP contribution in [-0.4, -0.2) is 15.6 Å². The molecule has 2 unspecified atom stereocenters. The molecule has 3 nitrogen and oxygen atoms in total. The van der Waals surface area contributed by atoms with E-state index in [0.717, 1.165) is 25.4 Å². The molecule has 0 spiro atoms. The van der Waals surface area contributed by atoms with Gasteiger partial charge in [-0.3, -0.25) is 0 Å². The highest BCUT2D eigenvalue weighted by Crippen LogP contribution is 2.38. The topological polar surface area (TPSA) is 29.9 Å². The molecule has 1 heterocycles. The van der Waals surface area contributed by atoms with Crippen molar-refractivity contribution < 1.29 is 0 Å². The second kappa shape index (κ2) is 6.75. The Hall–Kier alpha value is -0.830. The molecule has 2 rings (SSSR count). The van der Waals surface area contributed by atoms with Gasteiger partial charge in [-0.2, -0.15) is 0 Å². The van der Waals surface area contributed by atoms with E-state index >= 15 is 0 Å². The lowest BCUT2D eigenvalue weighted by atomic mass is 9.69. The highest BCUT2D eigenvalue weighted by atomic mass is 15.1. The summed E-state index contributed by atoms with van der Waals surface area (Å²) in [5, 5.41) is 3.80. The zero-order chi connectivity index (χ0) is 14.6. The lowest BCUT2D eigenvalue weighted by molar-refractivity contribution is 0.129. The Morgan fingerprint density at radius 2 is 2.05 bits per heavy atom. The third-order valence-corrected chi connectivity index (χ3v) is 4.67. The van der Waals surface area contributed by atoms with Crippen LogP contribution in [0.2, 0.25) is 0 Å². The van der Waals surface area contributed by atoms with E-state index in [4.69, 9.17) is 0 Å². The van der Waals surface area contributed by atoms with Crippen molar-refractivity contribution in [2.45, 2.75) is 78.9 Å². The third kappa shape index (κ3) is 3.85. The largest absolute Gasteiger partial charge is 0.334 e. The van der Waals surface area contributed by atoms with Crippen molar-refractivity contribution in [3.63, 3.8) is 0 Å². The zero-order valence-corrected chi connectivity index (χ0v) is 13.7. The number of nitrogens with zero attached hydrogens (tertiary/aromatic N) is 2. The molecule has 1 N–H and O–H groups in total. The van der Waals surface area contributed by atoms with E-state index in [0.29, 0.717) is 11.5 Å². The van der Waals surface area contributed by atoms with Gasteiger partial charge in [0.05, 0.1) is 6.54 Å². The number of rotatable bonds is 5. The lowest BCUT2D eigenvalue weighted by Gasteiger charge is -2.41. The third-order valence-electron chi connectivity index (χ3n) is 4.67. The summed E-state index contributed by atoms with van der Waals surface area (Å²) < 4.78 is 2.28. The molecule has 1 aliphatic rings. The van der Waals surface area contributed by atoms with Gasteiger partial charge in [-0.1, -0.05) is 40.5 Å². The fraction of sp³-hybridized carbons (Fsp3) is 0.824. The van der Waals surface area contributed by atoms with Crippen LogP contribution >= 0.6 is 0 Å². The summed E-state index contributed by atoms with van der Waals surface area (Å²) in [7, 11) is 0. The van der Waals surface area contributed by atoms with Gasteiger partial charge in [0.2, 0.25) is 0 Å². The van der Waals surface area contributed by atoms with Crippen molar-refractivity contribution in [2.75, 3.05) is 0 Å². The summed E-state index contributed by atoms with van der Waals surface area (Å²) in [5.74, 6) is 1.97. The molecule has 0 aliphatic heterocycles. The van der Waals surface area contributed by atoms with Crippen LogP contribution in [0.25, 0.3) is 0 Å². The number of aromatic nitrogens is 2. The predicted molar refractivity (Wildman–Crippen MR) is 84.6 cm³/mol. The van der Waals surface area contributed by atoms with Gasteiger partial charge in [0.15, 0.2) is 0 Å².